The van der Waals surface area contributed by atoms with Crippen LogP contribution < -0.4 is 5.32 Å². The minimum absolute atomic E-state index is 0.194. The topological polar surface area (TPSA) is 75.9 Å². The molecule has 3 aromatic rings. The quantitative estimate of drug-likeness (QED) is 0.446. The smallest absolute Gasteiger partial charge is 0.229 e. The number of amides is 1. The van der Waals surface area contributed by atoms with Crippen LogP contribution in [-0.4, -0.2) is 120 Å². The number of nitrogens with zero attached hydrogens (tertiary/aromatic N) is 5. The third-order valence-electron chi connectivity index (χ3n) is 7.24. The van der Waals surface area contributed by atoms with Crippen molar-refractivity contribution in [2.75, 3.05) is 18.4 Å². The first-order chi connectivity index (χ1) is 17.5. The molecule has 0 atom stereocenters. The van der Waals surface area contributed by atoms with Crippen molar-refractivity contribution in [3.8, 4) is 11.1 Å². The Labute approximate surface area is 235 Å². The third-order valence-corrected chi connectivity index (χ3v) is 7.24. The zero-order valence-corrected chi connectivity index (χ0v) is 21.2. The van der Waals surface area contributed by atoms with E-state index in [1.54, 1.807) is 22.0 Å². The molecule has 0 saturated carbocycles. The van der Waals surface area contributed by atoms with Crippen molar-refractivity contribution in [2.45, 2.75) is 33.7 Å². The summed E-state index contributed by atoms with van der Waals surface area (Å²) in [6, 6.07) is 5.80. The van der Waals surface area contributed by atoms with Crippen LogP contribution in [0.15, 0.2) is 36.8 Å². The summed E-state index contributed by atoms with van der Waals surface area (Å²) in [6.07, 6.45) is 6.08. The molecule has 2 aromatic heterocycles. The maximum atomic E-state index is 13.0. The summed E-state index contributed by atoms with van der Waals surface area (Å²) in [5.41, 5.74) is 2.59. The van der Waals surface area contributed by atoms with E-state index < -0.39 is 20.9 Å². The van der Waals surface area contributed by atoms with Gasteiger partial charge in [0, 0.05) is 36.3 Å². The minimum atomic E-state index is -2.23. The van der Waals surface area contributed by atoms with E-state index in [4.69, 9.17) is 70.6 Å². The Morgan fingerprint density at radius 1 is 0.947 bits per heavy atom. The second-order valence-corrected chi connectivity index (χ2v) is 10.1. The summed E-state index contributed by atoms with van der Waals surface area (Å²) in [5.74, 6) is -0.436. The van der Waals surface area contributed by atoms with Gasteiger partial charge >= 0.3 is 0 Å². The van der Waals surface area contributed by atoms with Crippen molar-refractivity contribution in [3.63, 3.8) is 0 Å². The van der Waals surface area contributed by atoms with E-state index in [0.29, 0.717) is 18.4 Å². The molecule has 38 heavy (non-hydrogen) atoms. The molecule has 1 N–H and O–H groups in total. The summed E-state index contributed by atoms with van der Waals surface area (Å²) in [6.45, 7) is 0.479. The van der Waals surface area contributed by atoms with Gasteiger partial charge in [-0.3, -0.25) is 14.8 Å². The van der Waals surface area contributed by atoms with E-state index in [0.717, 1.165) is 16.5 Å². The van der Waals surface area contributed by atoms with Gasteiger partial charge in [-0.15, -0.1) is 10.2 Å². The molecule has 170 valence electrons. The number of piperidine rings is 1. The third kappa shape index (κ3) is 5.17. The Balaban J connectivity index is 1.45. The lowest BCUT2D eigenvalue weighted by atomic mass is 9.09. The van der Waals surface area contributed by atoms with Gasteiger partial charge < -0.3 is 4.90 Å². The number of benzene rings is 1. The standard InChI is InChI=1S/C22H19B9N6O/c1-36-11-15(10-33-36)13-2-3-14-9-32-18(34-16(14)8-13)35-17(38)12-4-6-37(7-5-12)22(30,31)19(23,20(24,25)26)21(27,28)29/h2-3,8-12H,4-7H2,1H3,(H,32,34,35,38). The van der Waals surface area contributed by atoms with E-state index in [1.165, 1.54) is 0 Å². The van der Waals surface area contributed by atoms with Crippen molar-refractivity contribution in [2.24, 2.45) is 13.0 Å². The van der Waals surface area contributed by atoms with Crippen molar-refractivity contribution >= 4 is 93.4 Å². The van der Waals surface area contributed by atoms with E-state index in [-0.39, 0.29) is 30.9 Å². The highest BCUT2D eigenvalue weighted by molar-refractivity contribution is 6.71. The average Bonchev–Trinajstić information content (AvgIpc) is 3.28. The molecule has 18 radical (unpaired) electrons. The number of aryl methyl sites for hydroxylation is 1. The molecule has 3 heterocycles. The van der Waals surface area contributed by atoms with Crippen molar-refractivity contribution in [1.29, 1.82) is 0 Å². The molecule has 0 unspecified atom stereocenters. The zero-order chi connectivity index (χ0) is 28.1. The van der Waals surface area contributed by atoms with Crippen molar-refractivity contribution in [1.82, 2.24) is 24.6 Å². The fraction of sp³-hybridized carbons (Fsp3) is 0.455. The predicted octanol–water partition coefficient (Wildman–Crippen LogP) is -0.843. The fourth-order valence-electron chi connectivity index (χ4n) is 4.88. The highest BCUT2D eigenvalue weighted by atomic mass is 16.2. The van der Waals surface area contributed by atoms with Gasteiger partial charge in [0.15, 0.2) is 0 Å². The van der Waals surface area contributed by atoms with E-state index in [2.05, 4.69) is 20.4 Å². The lowest BCUT2D eigenvalue weighted by Crippen LogP contribution is -2.67. The summed E-state index contributed by atoms with van der Waals surface area (Å²) in [7, 11) is 56.0. The van der Waals surface area contributed by atoms with Crippen LogP contribution in [0.1, 0.15) is 12.8 Å². The molecule has 4 rings (SSSR count). The van der Waals surface area contributed by atoms with Crippen LogP contribution in [0.4, 0.5) is 5.95 Å². The van der Waals surface area contributed by atoms with Gasteiger partial charge in [-0.2, -0.15) is 5.10 Å². The van der Waals surface area contributed by atoms with Crippen molar-refractivity contribution in [3.05, 3.63) is 36.8 Å². The molecule has 0 spiro atoms. The SMILES string of the molecule is [B]C([B])([B])C([B])(C([B])([B])[B])C([B])([B])N1CCC(C(=O)Nc2ncc3ccc(-c4cnn(C)c4)cc3n2)CC1. The summed E-state index contributed by atoms with van der Waals surface area (Å²) >= 11 is 0. The van der Waals surface area contributed by atoms with Gasteiger partial charge in [-0.1, -0.05) is 22.8 Å². The highest BCUT2D eigenvalue weighted by Crippen LogP contribution is 2.61. The molecule has 7 nitrogen and oxygen atoms in total. The fourth-order valence-corrected chi connectivity index (χ4v) is 4.88. The monoisotopic (exact) mass is 482 g/mol. The second-order valence-electron chi connectivity index (χ2n) is 10.1. The highest BCUT2D eigenvalue weighted by Gasteiger charge is 2.54. The van der Waals surface area contributed by atoms with Crippen LogP contribution in [0.2, 0.25) is 15.5 Å². The van der Waals surface area contributed by atoms with Gasteiger partial charge in [0.2, 0.25) is 11.9 Å². The van der Waals surface area contributed by atoms with Gasteiger partial charge in [-0.05, 0) is 37.6 Å². The number of rotatable bonds is 7. The van der Waals surface area contributed by atoms with Crippen LogP contribution in [0.5, 0.6) is 0 Å². The Morgan fingerprint density at radius 3 is 2.13 bits per heavy atom. The number of nitrogens with one attached hydrogen (secondary N) is 1. The lowest BCUT2D eigenvalue weighted by molar-refractivity contribution is -0.121. The molecular weight excluding hydrogens is 462 g/mol. The van der Waals surface area contributed by atoms with E-state index >= 15 is 0 Å². The maximum absolute atomic E-state index is 13.0. The summed E-state index contributed by atoms with van der Waals surface area (Å²) < 4.78 is 1.72. The molecular formula is C22H19B9N6O. The molecule has 1 aliphatic heterocycles. The number of fused-ring (bicyclic) bond motifs is 1. The second kappa shape index (κ2) is 10.1. The van der Waals surface area contributed by atoms with Gasteiger partial charge in [0.25, 0.3) is 0 Å². The number of likely N-dealkylation sites (tertiary alicyclic amines) is 1. The molecule has 0 bridgehead atoms. The normalized spacial score (nSPS) is 16.4. The van der Waals surface area contributed by atoms with E-state index in [1.807, 2.05) is 31.4 Å². The van der Waals surface area contributed by atoms with Gasteiger partial charge in [0.05, 0.1) is 82.3 Å². The Hall–Kier alpha value is -2.22. The predicted molar refractivity (Wildman–Crippen MR) is 157 cm³/mol. The summed E-state index contributed by atoms with van der Waals surface area (Å²) in [5, 5.41) is -0.851. The molecule has 1 amide bonds. The van der Waals surface area contributed by atoms with Crippen LogP contribution in [0.3, 0.4) is 0 Å². The molecule has 1 saturated heterocycles. The van der Waals surface area contributed by atoms with Crippen LogP contribution >= 0.6 is 0 Å². The minimum Gasteiger partial charge on any atom is -0.315 e. The number of anilines is 1. The molecule has 0 aliphatic carbocycles. The number of aromatic nitrogens is 4. The van der Waals surface area contributed by atoms with E-state index in [9.17, 15) is 4.79 Å². The number of carbonyl (C=O) groups excluding carboxylic acids is 1. The number of hydrogen-bond donors (Lipinski definition) is 1. The number of hydrogen-bond acceptors (Lipinski definition) is 5. The average molecular weight is 481 g/mol. The molecule has 1 fully saturated rings. The molecule has 1 aromatic carbocycles. The van der Waals surface area contributed by atoms with Crippen molar-refractivity contribution < 1.29 is 4.79 Å². The van der Waals surface area contributed by atoms with Crippen LogP contribution in [0, 0.1) is 5.92 Å². The Bertz CT molecular complexity index is 1310. The van der Waals surface area contributed by atoms with Gasteiger partial charge in [0.1, 0.15) is 0 Å². The summed E-state index contributed by atoms with van der Waals surface area (Å²) in [4.78, 5) is 23.4. The van der Waals surface area contributed by atoms with Crippen LogP contribution in [-0.2, 0) is 11.8 Å². The van der Waals surface area contributed by atoms with Gasteiger partial charge in [-0.25, -0.2) is 9.97 Å². The first kappa shape index (κ1) is 28.8. The number of carbonyl (C=O) groups is 1. The Morgan fingerprint density at radius 2 is 1.58 bits per heavy atom. The molecule has 16 heteroatoms. The first-order valence-corrected chi connectivity index (χ1v) is 12.0. The lowest BCUT2D eigenvalue weighted by Gasteiger charge is -2.68. The van der Waals surface area contributed by atoms with Crippen LogP contribution in [0.25, 0.3) is 22.0 Å². The Kier molecular flexibility index (Phi) is 7.63. The largest absolute Gasteiger partial charge is 0.315 e. The zero-order valence-electron chi connectivity index (χ0n) is 21.2. The maximum Gasteiger partial charge on any atom is 0.229 e. The first-order valence-electron chi connectivity index (χ1n) is 12.0. The molecule has 1 aliphatic rings.